The van der Waals surface area contributed by atoms with Crippen LogP contribution < -0.4 is 5.32 Å². The summed E-state index contributed by atoms with van der Waals surface area (Å²) in [5.74, 6) is 2.43. The third kappa shape index (κ3) is 3.73. The standard InChI is InChI=1S/C19H20Cl3N5/c1-3-4-13(11-5-6-11)14-9-23-27-18(14)24-10(2)25-19(27)26-17-15(21)7-12(20)8-16(17)22/h7-9,11,13H,3-6H2,1-2H3,(H,24,25,26). The van der Waals surface area contributed by atoms with Crippen LogP contribution in [0.3, 0.4) is 0 Å². The van der Waals surface area contributed by atoms with Gasteiger partial charge in [0.15, 0.2) is 5.65 Å². The first-order valence-corrected chi connectivity index (χ1v) is 10.2. The molecular formula is C19H20Cl3N5. The molecule has 1 unspecified atom stereocenters. The molecule has 0 spiro atoms. The lowest BCUT2D eigenvalue weighted by molar-refractivity contribution is 0.552. The van der Waals surface area contributed by atoms with Gasteiger partial charge >= 0.3 is 0 Å². The summed E-state index contributed by atoms with van der Waals surface area (Å²) >= 11 is 18.6. The van der Waals surface area contributed by atoms with Crippen molar-refractivity contribution in [3.05, 3.63) is 44.8 Å². The Labute approximate surface area is 173 Å². The number of nitrogens with one attached hydrogen (secondary N) is 1. The van der Waals surface area contributed by atoms with E-state index in [1.807, 2.05) is 13.1 Å². The highest BCUT2D eigenvalue weighted by molar-refractivity contribution is 6.41. The molecule has 1 saturated carbocycles. The molecule has 1 aliphatic rings. The molecule has 1 N–H and O–H groups in total. The van der Waals surface area contributed by atoms with Crippen molar-refractivity contribution in [2.24, 2.45) is 5.92 Å². The minimum Gasteiger partial charge on any atom is -0.321 e. The fourth-order valence-electron chi connectivity index (χ4n) is 3.57. The third-order valence-electron chi connectivity index (χ3n) is 4.94. The number of hydrogen-bond donors (Lipinski definition) is 1. The van der Waals surface area contributed by atoms with E-state index in [-0.39, 0.29) is 0 Å². The molecule has 1 aliphatic carbocycles. The zero-order valence-electron chi connectivity index (χ0n) is 15.1. The summed E-state index contributed by atoms with van der Waals surface area (Å²) in [6.45, 7) is 4.10. The molecule has 0 amide bonds. The number of hydrogen-bond acceptors (Lipinski definition) is 4. The molecule has 0 saturated heterocycles. The van der Waals surface area contributed by atoms with Gasteiger partial charge < -0.3 is 5.32 Å². The van der Waals surface area contributed by atoms with E-state index in [0.29, 0.717) is 38.4 Å². The van der Waals surface area contributed by atoms with Crippen LogP contribution in [0.5, 0.6) is 0 Å². The van der Waals surface area contributed by atoms with E-state index in [2.05, 4.69) is 27.3 Å². The third-order valence-corrected chi connectivity index (χ3v) is 5.76. The van der Waals surface area contributed by atoms with Crippen molar-refractivity contribution in [1.82, 2.24) is 19.6 Å². The molecular weight excluding hydrogens is 405 g/mol. The second kappa shape index (κ2) is 7.46. The summed E-state index contributed by atoms with van der Waals surface area (Å²) in [6.07, 6.45) is 6.79. The largest absolute Gasteiger partial charge is 0.321 e. The van der Waals surface area contributed by atoms with Gasteiger partial charge in [-0.1, -0.05) is 48.1 Å². The van der Waals surface area contributed by atoms with E-state index in [1.165, 1.54) is 18.4 Å². The lowest BCUT2D eigenvalue weighted by Gasteiger charge is -2.15. The van der Waals surface area contributed by atoms with E-state index in [4.69, 9.17) is 34.8 Å². The zero-order valence-corrected chi connectivity index (χ0v) is 17.4. The summed E-state index contributed by atoms with van der Waals surface area (Å²) < 4.78 is 1.73. The second-order valence-corrected chi connectivity index (χ2v) is 8.28. The predicted octanol–water partition coefficient (Wildman–Crippen LogP) is 6.43. The summed E-state index contributed by atoms with van der Waals surface area (Å²) in [5, 5.41) is 9.09. The quantitative estimate of drug-likeness (QED) is 0.495. The maximum atomic E-state index is 6.32. The Bertz CT molecular complexity index is 973. The Hall–Kier alpha value is -1.56. The van der Waals surface area contributed by atoms with E-state index < -0.39 is 0 Å². The molecule has 1 atom stereocenters. The average Bonchev–Trinajstić information content (AvgIpc) is 3.36. The first kappa shape index (κ1) is 18.8. The van der Waals surface area contributed by atoms with Gasteiger partial charge in [-0.05, 0) is 50.2 Å². The normalized spacial score (nSPS) is 15.3. The first-order chi connectivity index (χ1) is 13.0. The van der Waals surface area contributed by atoms with Gasteiger partial charge in [-0.25, -0.2) is 4.98 Å². The molecule has 5 nitrogen and oxygen atoms in total. The van der Waals surface area contributed by atoms with Crippen LogP contribution in [0.4, 0.5) is 11.6 Å². The number of halogens is 3. The van der Waals surface area contributed by atoms with Gasteiger partial charge in [0.1, 0.15) is 5.82 Å². The number of nitrogens with zero attached hydrogens (tertiary/aromatic N) is 4. The lowest BCUT2D eigenvalue weighted by atomic mass is 9.92. The molecule has 27 heavy (non-hydrogen) atoms. The number of aryl methyl sites for hydroxylation is 1. The fourth-order valence-corrected chi connectivity index (χ4v) is 4.48. The van der Waals surface area contributed by atoms with Crippen molar-refractivity contribution < 1.29 is 0 Å². The van der Waals surface area contributed by atoms with Crippen molar-refractivity contribution >= 4 is 52.1 Å². The van der Waals surface area contributed by atoms with Crippen molar-refractivity contribution in [3.8, 4) is 0 Å². The highest BCUT2D eigenvalue weighted by Gasteiger charge is 2.34. The predicted molar refractivity (Wildman–Crippen MR) is 111 cm³/mol. The smallest absolute Gasteiger partial charge is 0.232 e. The number of fused-ring (bicyclic) bond motifs is 1. The lowest BCUT2D eigenvalue weighted by Crippen LogP contribution is -2.08. The van der Waals surface area contributed by atoms with Crippen molar-refractivity contribution in [2.45, 2.75) is 45.4 Å². The van der Waals surface area contributed by atoms with Gasteiger partial charge in [-0.15, -0.1) is 0 Å². The molecule has 0 bridgehead atoms. The van der Waals surface area contributed by atoms with Crippen LogP contribution in [0, 0.1) is 12.8 Å². The monoisotopic (exact) mass is 423 g/mol. The van der Waals surface area contributed by atoms with Gasteiger partial charge in [0.2, 0.25) is 5.95 Å². The molecule has 3 aromatic rings. The molecule has 2 aromatic heterocycles. The average molecular weight is 425 g/mol. The minimum atomic E-state index is 0.422. The van der Waals surface area contributed by atoms with Crippen molar-refractivity contribution in [3.63, 3.8) is 0 Å². The van der Waals surface area contributed by atoms with Crippen LogP contribution in [0.1, 0.15) is 49.9 Å². The topological polar surface area (TPSA) is 55.1 Å². The Balaban J connectivity index is 1.78. The van der Waals surface area contributed by atoms with Crippen molar-refractivity contribution in [1.29, 1.82) is 0 Å². The van der Waals surface area contributed by atoms with E-state index >= 15 is 0 Å². The zero-order chi connectivity index (χ0) is 19.1. The highest BCUT2D eigenvalue weighted by Crippen LogP contribution is 2.46. The summed E-state index contributed by atoms with van der Waals surface area (Å²) in [5.41, 5.74) is 2.59. The van der Waals surface area contributed by atoms with Gasteiger partial charge in [-0.3, -0.25) is 0 Å². The van der Waals surface area contributed by atoms with Crippen LogP contribution >= 0.6 is 34.8 Å². The summed E-state index contributed by atoms with van der Waals surface area (Å²) in [4.78, 5) is 9.18. The number of anilines is 2. The Morgan fingerprint density at radius 1 is 1.19 bits per heavy atom. The fraction of sp³-hybridized carbons (Fsp3) is 0.421. The van der Waals surface area contributed by atoms with Crippen LogP contribution in [-0.2, 0) is 0 Å². The number of rotatable bonds is 6. The van der Waals surface area contributed by atoms with Gasteiger partial charge in [0, 0.05) is 10.6 Å². The molecule has 142 valence electrons. The van der Waals surface area contributed by atoms with Gasteiger partial charge in [0.05, 0.1) is 21.9 Å². The van der Waals surface area contributed by atoms with Crippen LogP contribution in [0.15, 0.2) is 18.3 Å². The molecule has 2 heterocycles. The molecule has 1 aromatic carbocycles. The maximum absolute atomic E-state index is 6.32. The Morgan fingerprint density at radius 2 is 1.89 bits per heavy atom. The number of benzene rings is 1. The van der Waals surface area contributed by atoms with Crippen LogP contribution in [-0.4, -0.2) is 19.6 Å². The van der Waals surface area contributed by atoms with Crippen LogP contribution in [0.2, 0.25) is 15.1 Å². The Kier molecular flexibility index (Phi) is 5.19. The van der Waals surface area contributed by atoms with E-state index in [0.717, 1.165) is 24.4 Å². The summed E-state index contributed by atoms with van der Waals surface area (Å²) in [7, 11) is 0. The minimum absolute atomic E-state index is 0.422. The molecule has 8 heteroatoms. The van der Waals surface area contributed by atoms with E-state index in [9.17, 15) is 0 Å². The SMILES string of the molecule is CCCC(c1cnn2c(Nc3c(Cl)cc(Cl)cc3Cl)nc(C)nc12)C1CC1. The maximum Gasteiger partial charge on any atom is 0.232 e. The molecule has 0 aliphatic heterocycles. The van der Waals surface area contributed by atoms with Gasteiger partial charge in [0.25, 0.3) is 0 Å². The van der Waals surface area contributed by atoms with E-state index in [1.54, 1.807) is 16.6 Å². The molecule has 4 rings (SSSR count). The molecule has 0 radical (unpaired) electrons. The molecule has 1 fully saturated rings. The highest BCUT2D eigenvalue weighted by atomic mass is 35.5. The van der Waals surface area contributed by atoms with Crippen molar-refractivity contribution in [2.75, 3.05) is 5.32 Å². The van der Waals surface area contributed by atoms with Gasteiger partial charge in [-0.2, -0.15) is 14.6 Å². The second-order valence-electron chi connectivity index (χ2n) is 7.03. The number of aromatic nitrogens is 4. The van der Waals surface area contributed by atoms with Crippen LogP contribution in [0.25, 0.3) is 5.65 Å². The Morgan fingerprint density at radius 3 is 2.52 bits per heavy atom. The summed E-state index contributed by atoms with van der Waals surface area (Å²) in [6, 6.07) is 3.28. The first-order valence-electron chi connectivity index (χ1n) is 9.11.